The maximum Gasteiger partial charge on any atom is 0.362 e. The number of rotatable bonds is 13. The van der Waals surface area contributed by atoms with Crippen molar-refractivity contribution < 1.29 is 37.1 Å². The lowest BCUT2D eigenvalue weighted by atomic mass is 10.0. The summed E-state index contributed by atoms with van der Waals surface area (Å²) in [5, 5.41) is 9.18. The molecule has 0 spiro atoms. The molecule has 0 radical (unpaired) electrons. The number of ether oxygens (including phenoxy) is 1. The van der Waals surface area contributed by atoms with Crippen LogP contribution >= 0.6 is 19.2 Å². The molecule has 1 unspecified atom stereocenters. The third-order valence-electron chi connectivity index (χ3n) is 10.6. The van der Waals surface area contributed by atoms with Gasteiger partial charge in [-0.1, -0.05) is 29.8 Å². The molecule has 57 heavy (non-hydrogen) atoms. The molecule has 0 aliphatic carbocycles. The molecule has 4 heterocycles. The monoisotopic (exact) mass is 820 g/mol. The van der Waals surface area contributed by atoms with Crippen LogP contribution in [0.25, 0.3) is 0 Å². The standard InChI is InChI=1S/C39H43ClFN8O7P/c1-47(21-23-17-24-22-49(38(52)35(24)28(41)18-23)31-11-12-34(50)45-37(31)51)25-13-15-48(16-14-25)26-9-10-29(32(19-26)54-2)44-39-42-20-27(40)36(46-39)43-30-7-5-6-8-33(30)57(53,55-3)56-4/h5-10,17-20,25,31H,11-16,21-22H2,1-4H3,(H,45,50,51)(H2,42,43,44,46). The van der Waals surface area contributed by atoms with Gasteiger partial charge in [-0.25, -0.2) is 9.37 Å². The molecule has 300 valence electrons. The van der Waals surface area contributed by atoms with Gasteiger partial charge in [0.2, 0.25) is 17.8 Å². The lowest BCUT2D eigenvalue weighted by molar-refractivity contribution is -0.136. The van der Waals surface area contributed by atoms with E-state index in [1.807, 2.05) is 31.3 Å². The Labute approximate surface area is 334 Å². The first-order chi connectivity index (χ1) is 27.4. The number of anilines is 5. The van der Waals surface area contributed by atoms with Crippen LogP contribution < -0.4 is 30.9 Å². The number of hydrogen-bond donors (Lipinski definition) is 3. The van der Waals surface area contributed by atoms with E-state index in [1.54, 1.807) is 31.4 Å². The van der Waals surface area contributed by atoms with Crippen LogP contribution in [0.4, 0.5) is 33.2 Å². The number of fused-ring (bicyclic) bond motifs is 1. The van der Waals surface area contributed by atoms with Crippen LogP contribution in [0.15, 0.2) is 60.8 Å². The lowest BCUT2D eigenvalue weighted by Gasteiger charge is -2.38. The molecular formula is C39H43ClFN8O7P. The zero-order valence-corrected chi connectivity index (χ0v) is 33.5. The van der Waals surface area contributed by atoms with Crippen molar-refractivity contribution >= 4 is 71.1 Å². The number of piperidine rings is 2. The van der Waals surface area contributed by atoms with Gasteiger partial charge in [0.05, 0.1) is 35.5 Å². The Kier molecular flexibility index (Phi) is 11.8. The summed E-state index contributed by atoms with van der Waals surface area (Å²) in [7, 11) is 2.66. The number of para-hydroxylation sites is 1. The fourth-order valence-corrected chi connectivity index (χ4v) is 9.00. The fourth-order valence-electron chi connectivity index (χ4n) is 7.63. The molecule has 0 bridgehead atoms. The van der Waals surface area contributed by atoms with Crippen molar-refractivity contribution in [1.82, 2.24) is 25.1 Å². The first-order valence-corrected chi connectivity index (χ1v) is 20.3. The molecule has 3 aromatic carbocycles. The van der Waals surface area contributed by atoms with E-state index in [-0.39, 0.29) is 53.7 Å². The molecule has 15 nitrogen and oxygen atoms in total. The molecular weight excluding hydrogens is 778 g/mol. The first-order valence-electron chi connectivity index (χ1n) is 18.4. The SMILES string of the molecule is COc1cc(N2CCC(N(C)Cc3cc(F)c4c(c3)CN(C3CCC(=O)NC3=O)C4=O)CC2)ccc1Nc1ncc(Cl)c(Nc2ccccc2P(=O)(OC)OC)n1. The number of halogens is 2. The quantitative estimate of drug-likeness (QED) is 0.111. The summed E-state index contributed by atoms with van der Waals surface area (Å²) in [6.07, 6.45) is 3.56. The van der Waals surface area contributed by atoms with Crippen LogP contribution in [0.2, 0.25) is 5.02 Å². The number of amides is 3. The zero-order valence-electron chi connectivity index (χ0n) is 31.9. The summed E-state index contributed by atoms with van der Waals surface area (Å²) in [4.78, 5) is 51.9. The Bertz CT molecular complexity index is 2250. The largest absolute Gasteiger partial charge is 0.494 e. The van der Waals surface area contributed by atoms with Crippen LogP contribution in [0.5, 0.6) is 5.75 Å². The van der Waals surface area contributed by atoms with E-state index < -0.39 is 31.3 Å². The Morgan fingerprint density at radius 2 is 1.75 bits per heavy atom. The Morgan fingerprint density at radius 3 is 2.47 bits per heavy atom. The van der Waals surface area contributed by atoms with E-state index >= 15 is 4.39 Å². The predicted octanol–water partition coefficient (Wildman–Crippen LogP) is 5.74. The summed E-state index contributed by atoms with van der Waals surface area (Å²) >= 11 is 6.46. The maximum atomic E-state index is 15.4. The summed E-state index contributed by atoms with van der Waals surface area (Å²) < 4.78 is 44.7. The number of aromatic nitrogens is 2. The highest BCUT2D eigenvalue weighted by atomic mass is 35.5. The van der Waals surface area contributed by atoms with Crippen molar-refractivity contribution in [3.05, 3.63) is 88.3 Å². The smallest absolute Gasteiger partial charge is 0.362 e. The molecule has 3 amide bonds. The third kappa shape index (κ3) is 8.32. The molecule has 1 atom stereocenters. The van der Waals surface area contributed by atoms with Crippen LogP contribution in [-0.4, -0.2) is 91.0 Å². The summed E-state index contributed by atoms with van der Waals surface area (Å²) in [6, 6.07) is 15.4. The number of nitrogens with zero attached hydrogens (tertiary/aromatic N) is 5. The third-order valence-corrected chi connectivity index (χ3v) is 12.8. The second-order valence-corrected chi connectivity index (χ2v) is 16.7. The Hall–Kier alpha value is -5.12. The average Bonchev–Trinajstić information content (AvgIpc) is 3.54. The highest BCUT2D eigenvalue weighted by molar-refractivity contribution is 7.62. The number of carbonyl (C=O) groups excluding carboxylic acids is 3. The number of nitrogens with one attached hydrogen (secondary N) is 3. The topological polar surface area (TPSA) is 168 Å². The molecule has 2 saturated heterocycles. The summed E-state index contributed by atoms with van der Waals surface area (Å²) in [6.45, 7) is 2.19. The number of benzene rings is 3. The number of imide groups is 1. The zero-order chi connectivity index (χ0) is 40.4. The van der Waals surface area contributed by atoms with Crippen molar-refractivity contribution in [1.29, 1.82) is 0 Å². The minimum absolute atomic E-state index is 0.000296. The number of hydrogen-bond acceptors (Lipinski definition) is 13. The Morgan fingerprint density at radius 1 is 1.00 bits per heavy atom. The van der Waals surface area contributed by atoms with Gasteiger partial charge >= 0.3 is 7.60 Å². The summed E-state index contributed by atoms with van der Waals surface area (Å²) in [5.74, 6) is -0.901. The van der Waals surface area contributed by atoms with Crippen LogP contribution in [0, 0.1) is 5.82 Å². The van der Waals surface area contributed by atoms with Gasteiger partial charge in [0.1, 0.15) is 22.6 Å². The van der Waals surface area contributed by atoms with Crippen molar-refractivity contribution in [2.45, 2.75) is 50.9 Å². The van der Waals surface area contributed by atoms with E-state index in [9.17, 15) is 18.9 Å². The summed E-state index contributed by atoms with van der Waals surface area (Å²) in [5.41, 5.74) is 3.38. The average molecular weight is 821 g/mol. The minimum Gasteiger partial charge on any atom is -0.494 e. The lowest BCUT2D eigenvalue weighted by Crippen LogP contribution is -2.52. The Balaban J connectivity index is 0.971. The molecule has 1 aromatic heterocycles. The van der Waals surface area contributed by atoms with Gasteiger partial charge in [0.25, 0.3) is 5.91 Å². The van der Waals surface area contributed by atoms with Gasteiger partial charge in [-0.2, -0.15) is 4.98 Å². The molecule has 7 rings (SSSR count). The van der Waals surface area contributed by atoms with Gasteiger partial charge in [-0.3, -0.25) is 29.2 Å². The van der Waals surface area contributed by atoms with Gasteiger partial charge < -0.3 is 34.2 Å². The first kappa shape index (κ1) is 40.1. The van der Waals surface area contributed by atoms with Crippen LogP contribution in [0.3, 0.4) is 0 Å². The van der Waals surface area contributed by atoms with Gasteiger partial charge in [-0.05, 0) is 67.8 Å². The highest BCUT2D eigenvalue weighted by Gasteiger charge is 2.41. The molecule has 3 N–H and O–H groups in total. The second-order valence-electron chi connectivity index (χ2n) is 14.0. The van der Waals surface area contributed by atoms with E-state index in [4.69, 9.17) is 25.4 Å². The van der Waals surface area contributed by atoms with Crippen molar-refractivity contribution in [3.8, 4) is 5.75 Å². The molecule has 0 saturated carbocycles. The van der Waals surface area contributed by atoms with Gasteiger partial charge in [0, 0.05) is 64.6 Å². The van der Waals surface area contributed by atoms with Gasteiger partial charge in [-0.15, -0.1) is 0 Å². The molecule has 3 aliphatic rings. The van der Waals surface area contributed by atoms with E-state index in [0.717, 1.165) is 37.2 Å². The molecule has 18 heteroatoms. The minimum atomic E-state index is -3.58. The molecule has 4 aromatic rings. The second kappa shape index (κ2) is 16.8. The van der Waals surface area contributed by atoms with Crippen LogP contribution in [-0.2, 0) is 36.3 Å². The van der Waals surface area contributed by atoms with Crippen molar-refractivity contribution in [3.63, 3.8) is 0 Å². The van der Waals surface area contributed by atoms with E-state index in [0.29, 0.717) is 34.5 Å². The van der Waals surface area contributed by atoms with Crippen molar-refractivity contribution in [2.24, 2.45) is 0 Å². The van der Waals surface area contributed by atoms with E-state index in [2.05, 4.69) is 35.7 Å². The fraction of sp³-hybridized carbons (Fsp3) is 0.359. The maximum absolute atomic E-state index is 15.4. The normalized spacial score (nSPS) is 17.5. The van der Waals surface area contributed by atoms with Crippen LogP contribution in [0.1, 0.15) is 47.2 Å². The highest BCUT2D eigenvalue weighted by Crippen LogP contribution is 2.47. The molecule has 2 fully saturated rings. The number of methoxy groups -OCH3 is 1. The number of carbonyl (C=O) groups is 3. The van der Waals surface area contributed by atoms with E-state index in [1.165, 1.54) is 31.4 Å². The van der Waals surface area contributed by atoms with Gasteiger partial charge in [0.15, 0.2) is 5.82 Å². The molecule has 3 aliphatic heterocycles. The predicted molar refractivity (Wildman–Crippen MR) is 213 cm³/mol. The van der Waals surface area contributed by atoms with Crippen molar-refractivity contribution in [2.75, 3.05) is 57.0 Å².